The van der Waals surface area contributed by atoms with Crippen LogP contribution in [0.4, 0.5) is 0 Å². The molecule has 0 spiro atoms. The van der Waals surface area contributed by atoms with Crippen molar-refractivity contribution in [2.75, 3.05) is 0 Å². The highest BCUT2D eigenvalue weighted by Crippen LogP contribution is 2.45. The van der Waals surface area contributed by atoms with Gasteiger partial charge in [-0.2, -0.15) is 5.26 Å². The van der Waals surface area contributed by atoms with Crippen LogP contribution in [0.3, 0.4) is 0 Å². The lowest BCUT2D eigenvalue weighted by atomic mass is 10.0. The van der Waals surface area contributed by atoms with E-state index >= 15 is 0 Å². The number of hydrogen-bond acceptors (Lipinski definition) is 5. The summed E-state index contributed by atoms with van der Waals surface area (Å²) in [5, 5.41) is 18.8. The van der Waals surface area contributed by atoms with E-state index in [1.807, 2.05) is 28.9 Å². The maximum Gasteiger partial charge on any atom is 0.250 e. The molecule has 0 saturated carbocycles. The number of nitriles is 1. The molecule has 210 valence electrons. The zero-order valence-electron chi connectivity index (χ0n) is 25.4. The van der Waals surface area contributed by atoms with Gasteiger partial charge in [-0.25, -0.2) is 4.68 Å². The molecule has 3 rings (SSSR count). The van der Waals surface area contributed by atoms with Gasteiger partial charge < -0.3 is 8.85 Å². The number of aromatic nitrogens is 3. The molecule has 0 bridgehead atoms. The first-order chi connectivity index (χ1) is 17.9. The van der Waals surface area contributed by atoms with Crippen LogP contribution >= 0.6 is 22.6 Å². The van der Waals surface area contributed by atoms with Crippen molar-refractivity contribution in [2.45, 2.75) is 97.7 Å². The van der Waals surface area contributed by atoms with Gasteiger partial charge in [0.15, 0.2) is 0 Å². The lowest BCUT2D eigenvalue weighted by Crippen LogP contribution is -2.44. The van der Waals surface area contributed by atoms with Crippen LogP contribution < -0.4 is 8.85 Å². The zero-order valence-corrected chi connectivity index (χ0v) is 29.5. The first-order valence-electron chi connectivity index (χ1n) is 13.5. The van der Waals surface area contributed by atoms with E-state index in [0.29, 0.717) is 12.1 Å². The summed E-state index contributed by atoms with van der Waals surface area (Å²) in [6, 6.07) is 14.2. The minimum atomic E-state index is -2.18. The zero-order chi connectivity index (χ0) is 29.4. The third kappa shape index (κ3) is 6.77. The molecule has 39 heavy (non-hydrogen) atoms. The summed E-state index contributed by atoms with van der Waals surface area (Å²) in [6.45, 7) is 25.3. The molecule has 0 aliphatic rings. The molecule has 6 nitrogen and oxygen atoms in total. The summed E-state index contributed by atoms with van der Waals surface area (Å²) in [5.74, 6) is 1.71. The maximum atomic E-state index is 9.55. The number of halogens is 1. The molecule has 1 heterocycles. The number of rotatable bonds is 8. The third-order valence-corrected chi connectivity index (χ3v) is 18.0. The fourth-order valence-electron chi connectivity index (χ4n) is 3.60. The molecule has 0 radical (unpaired) electrons. The van der Waals surface area contributed by atoms with Crippen LogP contribution in [0, 0.1) is 15.0 Å². The van der Waals surface area contributed by atoms with Crippen molar-refractivity contribution in [1.29, 1.82) is 5.26 Å². The van der Waals surface area contributed by atoms with Gasteiger partial charge >= 0.3 is 0 Å². The summed E-state index contributed by atoms with van der Waals surface area (Å²) in [4.78, 5) is 0. The first-order valence-corrected chi connectivity index (χ1v) is 20.4. The van der Waals surface area contributed by atoms with E-state index in [1.54, 1.807) is 0 Å². The summed E-state index contributed by atoms with van der Waals surface area (Å²) in [6.07, 6.45) is 0.831. The smallest absolute Gasteiger partial charge is 0.250 e. The van der Waals surface area contributed by atoms with Crippen LogP contribution in [-0.4, -0.2) is 31.6 Å². The monoisotopic (exact) mass is 674 g/mol. The Kier molecular flexibility index (Phi) is 9.15. The quantitative estimate of drug-likeness (QED) is 0.176. The molecule has 1 aromatic heterocycles. The highest BCUT2D eigenvalue weighted by Gasteiger charge is 2.41. The predicted octanol–water partition coefficient (Wildman–Crippen LogP) is 8.80. The lowest BCUT2D eigenvalue weighted by Gasteiger charge is -2.39. The molecule has 9 heteroatoms. The highest BCUT2D eigenvalue weighted by atomic mass is 127. The molecule has 3 aromatic rings. The van der Waals surface area contributed by atoms with E-state index in [4.69, 9.17) is 8.85 Å². The minimum Gasteiger partial charge on any atom is -0.543 e. The van der Waals surface area contributed by atoms with Gasteiger partial charge in [0.25, 0.3) is 8.32 Å². The number of nitrogens with zero attached hydrogens (tertiary/aromatic N) is 4. The summed E-state index contributed by atoms with van der Waals surface area (Å²) >= 11 is 2.31. The molecule has 0 unspecified atom stereocenters. The van der Waals surface area contributed by atoms with Crippen molar-refractivity contribution < 1.29 is 8.85 Å². The van der Waals surface area contributed by atoms with E-state index in [1.165, 1.54) is 0 Å². The predicted molar refractivity (Wildman–Crippen MR) is 173 cm³/mol. The van der Waals surface area contributed by atoms with Crippen molar-refractivity contribution in [3.05, 3.63) is 56.8 Å². The molecule has 0 fully saturated rings. The Morgan fingerprint density at radius 2 is 1.46 bits per heavy atom. The van der Waals surface area contributed by atoms with Gasteiger partial charge in [-0.15, -0.1) is 5.10 Å². The Labute approximate surface area is 250 Å². The van der Waals surface area contributed by atoms with Crippen LogP contribution in [0.1, 0.15) is 65.2 Å². The van der Waals surface area contributed by atoms with Gasteiger partial charge in [-0.05, 0) is 88.5 Å². The van der Waals surface area contributed by atoms with Gasteiger partial charge in [0.1, 0.15) is 20.9 Å². The molecule has 0 aliphatic heterocycles. The highest BCUT2D eigenvalue weighted by molar-refractivity contribution is 14.1. The Morgan fingerprint density at radius 3 is 2.00 bits per heavy atom. The van der Waals surface area contributed by atoms with Gasteiger partial charge in [0.2, 0.25) is 8.32 Å². The van der Waals surface area contributed by atoms with Crippen molar-refractivity contribution in [1.82, 2.24) is 15.0 Å². The van der Waals surface area contributed by atoms with Crippen molar-refractivity contribution in [3.63, 3.8) is 0 Å². The average molecular weight is 675 g/mol. The largest absolute Gasteiger partial charge is 0.543 e. The Morgan fingerprint density at radius 1 is 0.897 bits per heavy atom. The summed E-state index contributed by atoms with van der Waals surface area (Å²) in [7, 11) is -4.25. The van der Waals surface area contributed by atoms with E-state index < -0.39 is 16.6 Å². The van der Waals surface area contributed by atoms with Crippen molar-refractivity contribution in [3.8, 4) is 28.8 Å². The second kappa shape index (κ2) is 11.4. The average Bonchev–Trinajstić information content (AvgIpc) is 3.17. The van der Waals surface area contributed by atoms with Gasteiger partial charge in [-0.1, -0.05) is 71.9 Å². The second-order valence-electron chi connectivity index (χ2n) is 13.2. The van der Waals surface area contributed by atoms with Crippen LogP contribution in [0.25, 0.3) is 11.3 Å². The summed E-state index contributed by atoms with van der Waals surface area (Å²) < 4.78 is 16.6. The van der Waals surface area contributed by atoms with Crippen molar-refractivity contribution in [2.24, 2.45) is 0 Å². The molecule has 0 amide bonds. The first kappa shape index (κ1) is 31.4. The Bertz CT molecular complexity index is 1380. The van der Waals surface area contributed by atoms with E-state index in [9.17, 15) is 5.26 Å². The Hall–Kier alpha value is -2.17. The van der Waals surface area contributed by atoms with E-state index in [-0.39, 0.29) is 10.1 Å². The van der Waals surface area contributed by atoms with Crippen LogP contribution in [-0.2, 0) is 13.0 Å². The molecule has 0 saturated heterocycles. The van der Waals surface area contributed by atoms with E-state index in [2.05, 4.69) is 126 Å². The van der Waals surface area contributed by atoms with Crippen LogP contribution in [0.2, 0.25) is 36.3 Å². The molecule has 0 atom stereocenters. The summed E-state index contributed by atoms with van der Waals surface area (Å²) in [5.41, 5.74) is 4.42. The fourth-order valence-corrected chi connectivity index (χ4v) is 6.34. The van der Waals surface area contributed by atoms with Crippen LogP contribution in [0.15, 0.2) is 36.4 Å². The minimum absolute atomic E-state index is 0.0277. The molecule has 0 N–H and O–H groups in total. The molecule has 2 aromatic carbocycles. The SMILES string of the molecule is CCc1cc(-c2nnn(Cc3ccccc3C#N)c2I)c(O[Si](C)(C)C(C)(C)C)cc1O[Si](C)(C)C(C)(C)C. The number of aryl methyl sites for hydroxylation is 1. The third-order valence-electron chi connectivity index (χ3n) is 8.27. The lowest BCUT2D eigenvalue weighted by molar-refractivity contribution is 0.472. The number of hydrogen-bond donors (Lipinski definition) is 0. The van der Waals surface area contributed by atoms with Crippen molar-refractivity contribution >= 4 is 39.2 Å². The molecule has 0 aliphatic carbocycles. The van der Waals surface area contributed by atoms with E-state index in [0.717, 1.165) is 44.0 Å². The van der Waals surface area contributed by atoms with Gasteiger partial charge in [0.05, 0.1) is 18.2 Å². The standard InChI is InChI=1S/C30H43IN4O2Si2/c1-12-21-17-24(27-28(31)35(34-33-27)20-23-16-14-13-15-22(23)19-32)26(37-39(10,11)30(5,6)7)18-25(21)36-38(8,9)29(2,3)4/h13-18H,12,20H2,1-11H3. The normalized spacial score (nSPS) is 12.8. The van der Waals surface area contributed by atoms with Gasteiger partial charge in [-0.3, -0.25) is 0 Å². The Balaban J connectivity index is 2.18. The topological polar surface area (TPSA) is 73.0 Å². The fraction of sp³-hybridized carbons (Fsp3) is 0.500. The van der Waals surface area contributed by atoms with Crippen LogP contribution in [0.5, 0.6) is 11.5 Å². The van der Waals surface area contributed by atoms with Gasteiger partial charge in [0, 0.05) is 11.6 Å². The molecular formula is C30H43IN4O2Si2. The maximum absolute atomic E-state index is 9.55. The number of benzene rings is 2. The second-order valence-corrected chi connectivity index (χ2v) is 23.7. The molecular weight excluding hydrogens is 631 g/mol.